The molecule has 0 bridgehead atoms. The van der Waals surface area contributed by atoms with Crippen molar-refractivity contribution in [1.29, 1.82) is 0 Å². The fraction of sp³-hybridized carbons (Fsp3) is 1.00. The van der Waals surface area contributed by atoms with E-state index in [4.69, 9.17) is 30.6 Å². The van der Waals surface area contributed by atoms with Gasteiger partial charge in [-0.2, -0.15) is 0 Å². The topological polar surface area (TPSA) is 121 Å². The highest BCUT2D eigenvalue weighted by Crippen LogP contribution is 2.01. The van der Waals surface area contributed by atoms with Crippen LogP contribution in [0, 0.1) is 0 Å². The van der Waals surface area contributed by atoms with Gasteiger partial charge in [0.25, 0.3) is 5.97 Å². The third kappa shape index (κ3) is 17.7. The van der Waals surface area contributed by atoms with Crippen LogP contribution in [0.3, 0.4) is 0 Å². The molecule has 0 fully saturated rings. The number of hydrogen-bond donors (Lipinski definition) is 6. The van der Waals surface area contributed by atoms with Crippen LogP contribution in [0.2, 0.25) is 0 Å². The predicted octanol–water partition coefficient (Wildman–Crippen LogP) is -1.86. The van der Waals surface area contributed by atoms with Crippen LogP contribution < -0.4 is 0 Å². The molecule has 0 aromatic rings. The fourth-order valence-electron chi connectivity index (χ4n) is 0.576. The smallest absolute Gasteiger partial charge is 0.275 e. The molecule has 0 amide bonds. The van der Waals surface area contributed by atoms with Crippen molar-refractivity contribution in [2.45, 2.75) is 38.3 Å². The number of aliphatic hydroxyl groups is 6. The Morgan fingerprint density at radius 3 is 1.71 bits per heavy atom. The van der Waals surface area contributed by atoms with Gasteiger partial charge in [0.1, 0.15) is 0 Å². The molecule has 1 atom stereocenters. The van der Waals surface area contributed by atoms with Crippen LogP contribution in [0.4, 0.5) is 0 Å². The molecule has 6 nitrogen and oxygen atoms in total. The average molecular weight is 212 g/mol. The zero-order valence-corrected chi connectivity index (χ0v) is 8.30. The SMILES string of the molecule is CCCC(O)(O)O.OCCC(O)CO. The molecule has 0 spiro atoms. The Morgan fingerprint density at radius 1 is 1.14 bits per heavy atom. The second kappa shape index (κ2) is 9.32. The van der Waals surface area contributed by atoms with E-state index in [0.717, 1.165) is 0 Å². The van der Waals surface area contributed by atoms with Crippen LogP contribution in [-0.4, -0.2) is 55.9 Å². The summed E-state index contributed by atoms with van der Waals surface area (Å²) in [5, 5.41) is 49.0. The molecule has 0 heterocycles. The van der Waals surface area contributed by atoms with Crippen LogP contribution in [0.25, 0.3) is 0 Å². The van der Waals surface area contributed by atoms with Crippen molar-refractivity contribution in [3.63, 3.8) is 0 Å². The van der Waals surface area contributed by atoms with Crippen molar-refractivity contribution in [3.8, 4) is 0 Å². The lowest BCUT2D eigenvalue weighted by Crippen LogP contribution is -2.26. The lowest BCUT2D eigenvalue weighted by molar-refractivity contribution is -0.314. The Bertz CT molecular complexity index is 111. The Labute approximate surface area is 83.1 Å². The van der Waals surface area contributed by atoms with Gasteiger partial charge in [-0.15, -0.1) is 0 Å². The summed E-state index contributed by atoms with van der Waals surface area (Å²) in [5.41, 5.74) is 0. The van der Waals surface area contributed by atoms with E-state index in [1.54, 1.807) is 6.92 Å². The largest absolute Gasteiger partial charge is 0.396 e. The van der Waals surface area contributed by atoms with Crippen LogP contribution in [0.1, 0.15) is 26.2 Å². The Kier molecular flexibility index (Phi) is 10.8. The van der Waals surface area contributed by atoms with Gasteiger partial charge in [-0.05, 0) is 12.8 Å². The summed E-state index contributed by atoms with van der Waals surface area (Å²) in [6, 6.07) is 0. The molecule has 14 heavy (non-hydrogen) atoms. The van der Waals surface area contributed by atoms with Crippen molar-refractivity contribution in [3.05, 3.63) is 0 Å². The van der Waals surface area contributed by atoms with Gasteiger partial charge in [-0.25, -0.2) is 0 Å². The summed E-state index contributed by atoms with van der Waals surface area (Å²) in [6.45, 7) is 1.42. The minimum absolute atomic E-state index is 0.00694. The van der Waals surface area contributed by atoms with E-state index < -0.39 is 12.1 Å². The first-order valence-corrected chi connectivity index (χ1v) is 4.44. The molecule has 0 rings (SSSR count). The summed E-state index contributed by atoms with van der Waals surface area (Å²) in [4.78, 5) is 0. The van der Waals surface area contributed by atoms with Crippen LogP contribution >= 0.6 is 0 Å². The third-order valence-corrected chi connectivity index (χ3v) is 1.26. The van der Waals surface area contributed by atoms with Gasteiger partial charge in [0.05, 0.1) is 12.7 Å². The predicted molar refractivity (Wildman–Crippen MR) is 49.1 cm³/mol. The zero-order chi connectivity index (χ0) is 11.6. The van der Waals surface area contributed by atoms with Crippen molar-refractivity contribution in [1.82, 2.24) is 0 Å². The first-order chi connectivity index (χ1) is 6.37. The molecule has 6 heteroatoms. The first kappa shape index (κ1) is 16.2. The molecule has 0 aromatic carbocycles. The van der Waals surface area contributed by atoms with Gasteiger partial charge in [-0.3, -0.25) is 0 Å². The molecule has 88 valence electrons. The summed E-state index contributed by atoms with van der Waals surface area (Å²) in [5.74, 6) is -2.45. The number of rotatable bonds is 5. The maximum Gasteiger partial charge on any atom is 0.275 e. The number of hydrogen-bond acceptors (Lipinski definition) is 6. The molecule has 1 unspecified atom stereocenters. The van der Waals surface area contributed by atoms with E-state index in [-0.39, 0.29) is 26.1 Å². The molecule has 0 aliphatic carbocycles. The molecule has 6 N–H and O–H groups in total. The zero-order valence-electron chi connectivity index (χ0n) is 8.30. The van der Waals surface area contributed by atoms with E-state index in [0.29, 0.717) is 6.42 Å². The van der Waals surface area contributed by atoms with Gasteiger partial charge in [0, 0.05) is 13.0 Å². The first-order valence-electron chi connectivity index (χ1n) is 4.44. The summed E-state index contributed by atoms with van der Waals surface area (Å²) < 4.78 is 0. The van der Waals surface area contributed by atoms with Gasteiger partial charge >= 0.3 is 0 Å². The monoisotopic (exact) mass is 212 g/mol. The second-order valence-corrected chi connectivity index (χ2v) is 2.87. The van der Waals surface area contributed by atoms with Gasteiger partial charge < -0.3 is 30.6 Å². The molecule has 0 aliphatic heterocycles. The summed E-state index contributed by atoms with van der Waals surface area (Å²) in [6.07, 6.45) is 0.0810. The Hall–Kier alpha value is -0.240. The van der Waals surface area contributed by atoms with Crippen molar-refractivity contribution in [2.75, 3.05) is 13.2 Å². The summed E-state index contributed by atoms with van der Waals surface area (Å²) >= 11 is 0. The van der Waals surface area contributed by atoms with E-state index in [2.05, 4.69) is 0 Å². The van der Waals surface area contributed by atoms with E-state index in [1.165, 1.54) is 0 Å². The van der Waals surface area contributed by atoms with Crippen LogP contribution in [0.5, 0.6) is 0 Å². The molecule has 0 radical (unpaired) electrons. The van der Waals surface area contributed by atoms with Crippen LogP contribution in [-0.2, 0) is 0 Å². The van der Waals surface area contributed by atoms with Crippen molar-refractivity contribution >= 4 is 0 Å². The van der Waals surface area contributed by atoms with E-state index in [9.17, 15) is 0 Å². The highest BCUT2D eigenvalue weighted by atomic mass is 16.7. The quantitative estimate of drug-likeness (QED) is 0.297. The lowest BCUT2D eigenvalue weighted by atomic mass is 10.3. The minimum Gasteiger partial charge on any atom is -0.396 e. The highest BCUT2D eigenvalue weighted by molar-refractivity contribution is 4.48. The fourth-order valence-corrected chi connectivity index (χ4v) is 0.576. The molecule has 0 saturated heterocycles. The van der Waals surface area contributed by atoms with Gasteiger partial charge in [0.15, 0.2) is 0 Å². The second-order valence-electron chi connectivity index (χ2n) is 2.87. The van der Waals surface area contributed by atoms with Crippen LogP contribution in [0.15, 0.2) is 0 Å². The Balaban J connectivity index is 0. The molecule has 0 aliphatic rings. The average Bonchev–Trinajstić information content (AvgIpc) is 2.03. The maximum absolute atomic E-state index is 8.45. The van der Waals surface area contributed by atoms with Gasteiger partial charge in [0.2, 0.25) is 0 Å². The minimum atomic E-state index is -2.45. The highest BCUT2D eigenvalue weighted by Gasteiger charge is 2.14. The molecule has 0 aromatic heterocycles. The Morgan fingerprint density at radius 2 is 1.64 bits per heavy atom. The normalized spacial score (nSPS) is 13.1. The third-order valence-electron chi connectivity index (χ3n) is 1.26. The van der Waals surface area contributed by atoms with Crippen molar-refractivity contribution in [2.24, 2.45) is 0 Å². The van der Waals surface area contributed by atoms with Crippen molar-refractivity contribution < 1.29 is 30.6 Å². The standard InChI is InChI=1S/2C4H10O3/c5-2-1-4(7)3-6;1-2-3-4(5,6)7/h4-7H,1-3H2;5-7H,2-3H2,1H3. The molecular formula is C8H20O6. The van der Waals surface area contributed by atoms with E-state index >= 15 is 0 Å². The van der Waals surface area contributed by atoms with Gasteiger partial charge in [-0.1, -0.05) is 6.92 Å². The summed E-state index contributed by atoms with van der Waals surface area (Å²) in [7, 11) is 0. The number of aliphatic hydroxyl groups excluding tert-OH is 3. The molecular weight excluding hydrogens is 192 g/mol. The molecule has 0 saturated carbocycles. The van der Waals surface area contributed by atoms with E-state index in [1.807, 2.05) is 0 Å². The maximum atomic E-state index is 8.45. The lowest BCUT2D eigenvalue weighted by Gasteiger charge is -2.10.